The summed E-state index contributed by atoms with van der Waals surface area (Å²) >= 11 is 0. The predicted octanol–water partition coefficient (Wildman–Crippen LogP) is 7.01. The molecule has 1 aliphatic heterocycles. The van der Waals surface area contributed by atoms with Crippen LogP contribution in [0.25, 0.3) is 0 Å². The number of anilines is 4. The molecule has 252 valence electrons. The number of pyridine rings is 1. The summed E-state index contributed by atoms with van der Waals surface area (Å²) in [6, 6.07) is 24.6. The average Bonchev–Trinajstić information content (AvgIpc) is 3.08. The summed E-state index contributed by atoms with van der Waals surface area (Å²) in [5, 5.41) is 15.9. The molecule has 0 bridgehead atoms. The van der Waals surface area contributed by atoms with Gasteiger partial charge in [0.1, 0.15) is 22.8 Å². The van der Waals surface area contributed by atoms with Crippen molar-refractivity contribution in [1.82, 2.24) is 9.88 Å². The van der Waals surface area contributed by atoms with E-state index in [0.717, 1.165) is 28.3 Å². The van der Waals surface area contributed by atoms with Crippen molar-refractivity contribution in [2.45, 2.75) is 39.5 Å². The summed E-state index contributed by atoms with van der Waals surface area (Å²) in [6.07, 6.45) is 1.28. The van der Waals surface area contributed by atoms with Gasteiger partial charge >= 0.3 is 11.8 Å². The highest BCUT2D eigenvalue weighted by Crippen LogP contribution is 2.37. The van der Waals surface area contributed by atoms with Crippen LogP contribution in [0.15, 0.2) is 85.1 Å². The van der Waals surface area contributed by atoms with Gasteiger partial charge in [0.25, 0.3) is 0 Å². The number of nitrogens with one attached hydrogen (secondary N) is 1. The maximum absolute atomic E-state index is 12.6. The van der Waals surface area contributed by atoms with Gasteiger partial charge in [-0.1, -0.05) is 24.3 Å². The molecule has 12 nitrogen and oxygen atoms in total. The van der Waals surface area contributed by atoms with Crippen molar-refractivity contribution in [3.63, 3.8) is 0 Å². The van der Waals surface area contributed by atoms with Crippen LogP contribution < -0.4 is 24.6 Å². The number of benzene rings is 3. The molecule has 0 saturated carbocycles. The fourth-order valence-corrected chi connectivity index (χ4v) is 5.45. The maximum Gasteiger partial charge on any atom is 0.410 e. The number of hydrogen-bond acceptors (Lipinski definition) is 10. The average molecular weight is 655 g/mol. The second-order valence-corrected chi connectivity index (χ2v) is 12.5. The maximum atomic E-state index is 12.6. The minimum atomic E-state index is -0.535. The molecule has 5 rings (SSSR count). The lowest BCUT2D eigenvalue weighted by molar-refractivity contribution is -0.383. The van der Waals surface area contributed by atoms with Crippen molar-refractivity contribution >= 4 is 34.7 Å². The van der Waals surface area contributed by atoms with Crippen molar-refractivity contribution in [1.29, 1.82) is 0 Å². The SMILES string of the molecule is COc1ccc(CN(Cc2ccc(OC)cc2)c2nccc(Nc3ccc(N4CCN(C(=O)OC(C)(C)C)CC4)cc3)c2[N+](=O)[O-])cc1. The molecule has 12 heteroatoms. The highest BCUT2D eigenvalue weighted by atomic mass is 16.6. The normalized spacial score (nSPS) is 13.1. The number of hydrogen-bond donors (Lipinski definition) is 1. The first-order valence-corrected chi connectivity index (χ1v) is 15.8. The Morgan fingerprint density at radius 3 is 1.88 bits per heavy atom. The summed E-state index contributed by atoms with van der Waals surface area (Å²) in [6.45, 7) is 8.80. The van der Waals surface area contributed by atoms with Crippen molar-refractivity contribution in [2.75, 3.05) is 55.5 Å². The zero-order chi connectivity index (χ0) is 34.3. The first-order chi connectivity index (χ1) is 23.0. The molecule has 2 heterocycles. The van der Waals surface area contributed by atoms with Crippen LogP contribution in [0.3, 0.4) is 0 Å². The van der Waals surface area contributed by atoms with Gasteiger partial charge in [-0.2, -0.15) is 0 Å². The number of carbonyl (C=O) groups is 1. The van der Waals surface area contributed by atoms with Crippen LogP contribution in [0.2, 0.25) is 0 Å². The molecule has 4 aromatic rings. The van der Waals surface area contributed by atoms with E-state index in [-0.39, 0.29) is 17.6 Å². The van der Waals surface area contributed by atoms with E-state index in [1.54, 1.807) is 31.4 Å². The number of methoxy groups -OCH3 is 2. The Kier molecular flexibility index (Phi) is 10.5. The largest absolute Gasteiger partial charge is 0.497 e. The van der Waals surface area contributed by atoms with Gasteiger partial charge in [-0.25, -0.2) is 9.78 Å². The smallest absolute Gasteiger partial charge is 0.410 e. The van der Waals surface area contributed by atoms with Crippen molar-refractivity contribution < 1.29 is 23.9 Å². The molecule has 0 aliphatic carbocycles. The number of aromatic nitrogens is 1. The molecule has 1 aliphatic rings. The number of ether oxygens (including phenoxy) is 3. The summed E-state index contributed by atoms with van der Waals surface area (Å²) in [4.78, 5) is 35.1. The number of rotatable bonds is 11. The van der Waals surface area contributed by atoms with E-state index in [9.17, 15) is 14.9 Å². The first kappa shape index (κ1) is 33.8. The summed E-state index contributed by atoms with van der Waals surface area (Å²) in [5.74, 6) is 1.70. The van der Waals surface area contributed by atoms with Crippen LogP contribution >= 0.6 is 0 Å². The van der Waals surface area contributed by atoms with E-state index in [0.29, 0.717) is 50.6 Å². The van der Waals surface area contributed by atoms with Gasteiger partial charge in [0.05, 0.1) is 19.1 Å². The molecule has 0 radical (unpaired) electrons. The Labute approximate surface area is 281 Å². The number of amides is 1. The quantitative estimate of drug-likeness (QED) is 0.133. The van der Waals surface area contributed by atoms with E-state index in [2.05, 4.69) is 15.2 Å². The lowest BCUT2D eigenvalue weighted by Gasteiger charge is -2.36. The summed E-state index contributed by atoms with van der Waals surface area (Å²) in [7, 11) is 3.22. The molecule has 0 spiro atoms. The molecule has 48 heavy (non-hydrogen) atoms. The van der Waals surface area contributed by atoms with E-state index in [4.69, 9.17) is 14.2 Å². The molecule has 1 saturated heterocycles. The van der Waals surface area contributed by atoms with Gasteiger partial charge in [0, 0.05) is 56.8 Å². The van der Waals surface area contributed by atoms with E-state index in [1.165, 1.54) is 0 Å². The topological polar surface area (TPSA) is 123 Å². The van der Waals surface area contributed by atoms with Crippen LogP contribution in [-0.4, -0.2) is 66.9 Å². The monoisotopic (exact) mass is 654 g/mol. The predicted molar refractivity (Wildman–Crippen MR) is 187 cm³/mol. The van der Waals surface area contributed by atoms with Crippen molar-refractivity contribution in [2.24, 2.45) is 0 Å². The third-order valence-corrected chi connectivity index (χ3v) is 7.89. The fraction of sp³-hybridized carbons (Fsp3) is 0.333. The van der Waals surface area contributed by atoms with Gasteiger partial charge in [0.2, 0.25) is 5.82 Å². The Morgan fingerprint density at radius 1 is 0.854 bits per heavy atom. The number of nitrogens with zero attached hydrogens (tertiary/aromatic N) is 5. The molecule has 0 unspecified atom stereocenters. The van der Waals surface area contributed by atoms with Crippen LogP contribution in [-0.2, 0) is 17.8 Å². The fourth-order valence-electron chi connectivity index (χ4n) is 5.45. The molecule has 1 amide bonds. The van der Waals surface area contributed by atoms with Gasteiger partial charge in [-0.3, -0.25) is 10.1 Å². The molecule has 0 atom stereocenters. The number of carbonyl (C=O) groups excluding carboxylic acids is 1. The molecule has 1 N–H and O–H groups in total. The van der Waals surface area contributed by atoms with E-state index in [1.807, 2.05) is 98.5 Å². The highest BCUT2D eigenvalue weighted by molar-refractivity contribution is 5.78. The van der Waals surface area contributed by atoms with Gasteiger partial charge in [0.15, 0.2) is 0 Å². The molecular weight excluding hydrogens is 612 g/mol. The van der Waals surface area contributed by atoms with E-state index < -0.39 is 10.5 Å². The Hall–Kier alpha value is -5.52. The minimum Gasteiger partial charge on any atom is -0.497 e. The lowest BCUT2D eigenvalue weighted by atomic mass is 10.1. The third kappa shape index (κ3) is 8.64. The Bertz CT molecular complexity index is 1630. The van der Waals surface area contributed by atoms with Crippen molar-refractivity contribution in [3.8, 4) is 11.5 Å². The standard InChI is InChI=1S/C36H42N6O6/c1-36(2,3)48-35(43)40-22-20-39(21-23-40)29-12-10-28(11-13-29)38-32-18-19-37-34(33(32)42(44)45)41(24-26-6-14-30(46-4)15-7-26)25-27-8-16-31(47-5)17-9-27/h6-19H,20-25H2,1-5H3,(H,37,38). The number of piperazine rings is 1. The molecule has 3 aromatic carbocycles. The van der Waals surface area contributed by atoms with Crippen LogP contribution in [0, 0.1) is 10.1 Å². The van der Waals surface area contributed by atoms with Gasteiger partial charge < -0.3 is 34.2 Å². The second kappa shape index (κ2) is 14.9. The molecule has 1 aromatic heterocycles. The third-order valence-electron chi connectivity index (χ3n) is 7.89. The second-order valence-electron chi connectivity index (χ2n) is 12.5. The Balaban J connectivity index is 1.35. The molecular formula is C36H42N6O6. The zero-order valence-corrected chi connectivity index (χ0v) is 28.0. The van der Waals surface area contributed by atoms with Gasteiger partial charge in [-0.15, -0.1) is 0 Å². The van der Waals surface area contributed by atoms with Gasteiger partial charge in [-0.05, 0) is 86.5 Å². The Morgan fingerprint density at radius 2 is 1.40 bits per heavy atom. The van der Waals surface area contributed by atoms with E-state index >= 15 is 0 Å². The number of nitro groups is 1. The first-order valence-electron chi connectivity index (χ1n) is 15.8. The van der Waals surface area contributed by atoms with Crippen LogP contribution in [0.1, 0.15) is 31.9 Å². The minimum absolute atomic E-state index is 0.123. The molecule has 1 fully saturated rings. The van der Waals surface area contributed by atoms with Crippen LogP contribution in [0.5, 0.6) is 11.5 Å². The lowest BCUT2D eigenvalue weighted by Crippen LogP contribution is -2.50. The van der Waals surface area contributed by atoms with Crippen molar-refractivity contribution in [3.05, 3.63) is 106 Å². The zero-order valence-electron chi connectivity index (χ0n) is 28.0. The van der Waals surface area contributed by atoms with Crippen LogP contribution in [0.4, 0.5) is 33.4 Å². The summed E-state index contributed by atoms with van der Waals surface area (Å²) < 4.78 is 16.1. The highest BCUT2D eigenvalue weighted by Gasteiger charge is 2.28. The summed E-state index contributed by atoms with van der Waals surface area (Å²) in [5.41, 5.74) is 3.26.